The molecule has 5 aliphatic rings. The number of ketones is 1. The average molecular weight is 718 g/mol. The molecule has 0 aliphatic heterocycles. The third kappa shape index (κ3) is 6.48. The van der Waals surface area contributed by atoms with E-state index in [1.54, 1.807) is 0 Å². The Morgan fingerprint density at radius 2 is 1.71 bits per heavy atom. The van der Waals surface area contributed by atoms with Crippen molar-refractivity contribution < 1.29 is 4.79 Å². The maximum atomic E-state index is 14.5. The fourth-order valence-electron chi connectivity index (χ4n) is 13.6. The van der Waals surface area contributed by atoms with Crippen LogP contribution in [-0.4, -0.2) is 49.3 Å². The maximum Gasteiger partial charge on any atom is 0.160 e. The first-order valence-electron chi connectivity index (χ1n) is 20.9. The summed E-state index contributed by atoms with van der Waals surface area (Å²) in [5.41, 5.74) is 8.04. The molecule has 0 saturated heterocycles. The van der Waals surface area contributed by atoms with E-state index in [1.165, 1.54) is 73.6 Å². The standard InChI is InChI=1S/C47H73ClN2O/c1-31(2)37-16-17-40-43(8,22-23-47-30-45(47,10)34(6)18-21-44(40,47)9)19-13-20-46(27-39(51)41(32(3)4)42(37)46)35(7)28-50(25-24-49(11)12)29-36-15-14-33(5)26-38(36)48/h14-15,26,32,34-35,37,40H,1,13,16-25,27-30H2,2-12H3/t34?,35?,37?,40?,43?,44?,45?,46?,47-/m0/s1. The van der Waals surface area contributed by atoms with E-state index in [2.05, 4.69) is 104 Å². The largest absolute Gasteiger partial charge is 0.308 e. The van der Waals surface area contributed by atoms with Gasteiger partial charge in [0.05, 0.1) is 0 Å². The predicted octanol–water partition coefficient (Wildman–Crippen LogP) is 12.0. The Morgan fingerprint density at radius 1 is 0.980 bits per heavy atom. The van der Waals surface area contributed by atoms with Crippen LogP contribution in [0.2, 0.25) is 5.02 Å². The highest BCUT2D eigenvalue weighted by Gasteiger charge is 2.78. The summed E-state index contributed by atoms with van der Waals surface area (Å²) >= 11 is 6.86. The van der Waals surface area contributed by atoms with Crippen LogP contribution >= 0.6 is 11.6 Å². The molecule has 0 N–H and O–H groups in total. The maximum absolute atomic E-state index is 14.5. The molecule has 9 atom stereocenters. The van der Waals surface area contributed by atoms with Crippen molar-refractivity contribution >= 4 is 17.4 Å². The molecule has 8 unspecified atom stereocenters. The number of Topliss-reactive ketones (excluding diaryl/α,β-unsaturated/α-hetero) is 1. The summed E-state index contributed by atoms with van der Waals surface area (Å²) in [5, 5.41) is 0.861. The highest BCUT2D eigenvalue weighted by atomic mass is 35.5. The lowest BCUT2D eigenvalue weighted by Crippen LogP contribution is -2.54. The summed E-state index contributed by atoms with van der Waals surface area (Å²) in [6.45, 7) is 30.6. The second-order valence-corrected chi connectivity index (χ2v) is 20.7. The summed E-state index contributed by atoms with van der Waals surface area (Å²) in [5.74, 6) is 2.85. The van der Waals surface area contributed by atoms with Gasteiger partial charge in [-0.1, -0.05) is 90.8 Å². The van der Waals surface area contributed by atoms with Crippen LogP contribution < -0.4 is 0 Å². The third-order valence-electron chi connectivity index (χ3n) is 16.8. The number of allylic oxidation sites excluding steroid dienone is 3. The minimum atomic E-state index is -0.133. The summed E-state index contributed by atoms with van der Waals surface area (Å²) in [6.07, 6.45) is 13.7. The van der Waals surface area contributed by atoms with Crippen LogP contribution in [0, 0.1) is 63.6 Å². The van der Waals surface area contributed by atoms with E-state index >= 15 is 0 Å². The van der Waals surface area contributed by atoms with Gasteiger partial charge in [0.1, 0.15) is 0 Å². The van der Waals surface area contributed by atoms with Crippen molar-refractivity contribution in [2.24, 2.45) is 56.7 Å². The Bertz CT molecular complexity index is 1540. The molecule has 1 aromatic carbocycles. The van der Waals surface area contributed by atoms with Gasteiger partial charge in [-0.05, 0) is 159 Å². The Morgan fingerprint density at radius 3 is 2.35 bits per heavy atom. The fraction of sp³-hybridized carbons (Fsp3) is 0.766. The van der Waals surface area contributed by atoms with Gasteiger partial charge >= 0.3 is 0 Å². The van der Waals surface area contributed by atoms with Gasteiger partial charge in [0.25, 0.3) is 0 Å². The number of likely N-dealkylation sites (N-methyl/N-ethyl adjacent to an activating group) is 1. The highest BCUT2D eigenvalue weighted by Crippen LogP contribution is 2.86. The van der Waals surface area contributed by atoms with E-state index in [9.17, 15) is 4.79 Å². The minimum absolute atomic E-state index is 0.133. The van der Waals surface area contributed by atoms with Crippen LogP contribution in [0.4, 0.5) is 0 Å². The molecule has 1 spiro atoms. The molecule has 0 radical (unpaired) electrons. The van der Waals surface area contributed by atoms with Crippen molar-refractivity contribution in [3.63, 3.8) is 0 Å². The van der Waals surface area contributed by atoms with Crippen molar-refractivity contribution in [3.05, 3.63) is 57.6 Å². The number of hydrogen-bond donors (Lipinski definition) is 0. The first kappa shape index (κ1) is 39.3. The van der Waals surface area contributed by atoms with Gasteiger partial charge in [0, 0.05) is 49.0 Å². The number of hydrogen-bond acceptors (Lipinski definition) is 3. The van der Waals surface area contributed by atoms with Gasteiger partial charge in [0.2, 0.25) is 0 Å². The van der Waals surface area contributed by atoms with Crippen LogP contribution in [0.3, 0.4) is 0 Å². The summed E-state index contributed by atoms with van der Waals surface area (Å²) in [6, 6.07) is 6.51. The predicted molar refractivity (Wildman–Crippen MR) is 217 cm³/mol. The normalized spacial score (nSPS) is 38.7. The number of carbonyl (C=O) groups is 1. The Hall–Kier alpha value is -1.42. The molecule has 0 amide bonds. The first-order valence-corrected chi connectivity index (χ1v) is 21.3. The van der Waals surface area contributed by atoms with Crippen LogP contribution in [-0.2, 0) is 11.3 Å². The Balaban J connectivity index is 1.38. The van der Waals surface area contributed by atoms with Gasteiger partial charge in [-0.2, -0.15) is 0 Å². The lowest BCUT2D eigenvalue weighted by atomic mass is 9.42. The molecule has 284 valence electrons. The van der Waals surface area contributed by atoms with Gasteiger partial charge in [0.15, 0.2) is 5.78 Å². The number of nitrogens with zero attached hydrogens (tertiary/aromatic N) is 2. The molecule has 51 heavy (non-hydrogen) atoms. The van der Waals surface area contributed by atoms with Crippen molar-refractivity contribution in [1.82, 2.24) is 9.80 Å². The Kier molecular flexibility index (Phi) is 10.8. The van der Waals surface area contributed by atoms with Gasteiger partial charge in [-0.15, -0.1) is 0 Å². The van der Waals surface area contributed by atoms with E-state index in [0.29, 0.717) is 39.8 Å². The van der Waals surface area contributed by atoms with Crippen LogP contribution in [0.15, 0.2) is 41.5 Å². The molecule has 0 aromatic heterocycles. The average Bonchev–Trinajstić information content (AvgIpc) is 3.58. The smallest absolute Gasteiger partial charge is 0.160 e. The summed E-state index contributed by atoms with van der Waals surface area (Å²) in [7, 11) is 4.34. The second kappa shape index (κ2) is 14.0. The molecule has 1 aromatic rings. The monoisotopic (exact) mass is 717 g/mol. The second-order valence-electron chi connectivity index (χ2n) is 20.3. The molecule has 0 bridgehead atoms. The van der Waals surface area contributed by atoms with E-state index in [1.807, 2.05) is 0 Å². The molecule has 0 heterocycles. The zero-order chi connectivity index (χ0) is 37.3. The zero-order valence-electron chi connectivity index (χ0n) is 34.6. The lowest BCUT2D eigenvalue weighted by Gasteiger charge is -2.62. The van der Waals surface area contributed by atoms with Gasteiger partial charge < -0.3 is 4.90 Å². The summed E-state index contributed by atoms with van der Waals surface area (Å²) < 4.78 is 0. The van der Waals surface area contributed by atoms with Crippen LogP contribution in [0.25, 0.3) is 0 Å². The van der Waals surface area contributed by atoms with Crippen molar-refractivity contribution in [1.29, 1.82) is 0 Å². The number of benzene rings is 1. The number of carbonyl (C=O) groups excluding carboxylic acids is 1. The van der Waals surface area contributed by atoms with E-state index in [-0.39, 0.29) is 17.3 Å². The summed E-state index contributed by atoms with van der Waals surface area (Å²) in [4.78, 5) is 19.4. The van der Waals surface area contributed by atoms with Crippen LogP contribution in [0.1, 0.15) is 137 Å². The number of fused-ring (bicyclic) bond motifs is 3. The minimum Gasteiger partial charge on any atom is -0.308 e. The van der Waals surface area contributed by atoms with Crippen LogP contribution in [0.5, 0.6) is 0 Å². The zero-order valence-corrected chi connectivity index (χ0v) is 35.4. The van der Waals surface area contributed by atoms with Crippen molar-refractivity contribution in [2.45, 2.75) is 139 Å². The first-order chi connectivity index (χ1) is 23.8. The molecular formula is C47H73ClN2O. The number of aryl methyl sites for hydroxylation is 1. The number of rotatable bonds is 10. The molecule has 5 aliphatic carbocycles. The molecule has 4 heteroatoms. The van der Waals surface area contributed by atoms with E-state index < -0.39 is 0 Å². The quantitative estimate of drug-likeness (QED) is 0.225. The highest BCUT2D eigenvalue weighted by molar-refractivity contribution is 6.31. The SMILES string of the molecule is C=C(C)C1CCC2C(C)(CCCC3(C(C)CN(CCN(C)C)Cc4ccc(C)cc4Cl)CC(=O)C(C(C)C)=C13)CC[C@@]13CC1(C)C(C)CCC23C. The molecule has 6 rings (SSSR count). The third-order valence-corrected chi connectivity index (χ3v) is 17.2. The van der Waals surface area contributed by atoms with Crippen molar-refractivity contribution in [3.8, 4) is 0 Å². The van der Waals surface area contributed by atoms with Gasteiger partial charge in [-0.3, -0.25) is 9.69 Å². The molecule has 3 nitrogen and oxygen atoms in total. The molecular weight excluding hydrogens is 644 g/mol. The molecule has 4 saturated carbocycles. The Labute approximate surface area is 318 Å². The van der Waals surface area contributed by atoms with E-state index in [0.717, 1.165) is 61.5 Å². The van der Waals surface area contributed by atoms with Crippen molar-refractivity contribution in [2.75, 3.05) is 33.7 Å². The van der Waals surface area contributed by atoms with Gasteiger partial charge in [-0.25, -0.2) is 0 Å². The molecule has 4 fully saturated rings. The lowest BCUT2D eigenvalue weighted by molar-refractivity contribution is -0.128. The number of halogens is 1. The fourth-order valence-corrected chi connectivity index (χ4v) is 13.9. The topological polar surface area (TPSA) is 23.6 Å². The van der Waals surface area contributed by atoms with E-state index in [4.69, 9.17) is 18.2 Å².